The largest absolute Gasteiger partial charge is 0.387 e. The highest BCUT2D eigenvalue weighted by Gasteiger charge is 2.14. The lowest BCUT2D eigenvalue weighted by Gasteiger charge is -2.29. The van der Waals surface area contributed by atoms with Gasteiger partial charge in [-0.1, -0.05) is 18.2 Å². The quantitative estimate of drug-likeness (QED) is 0.880. The van der Waals surface area contributed by atoms with Crippen LogP contribution in [0.2, 0.25) is 0 Å². The van der Waals surface area contributed by atoms with Crippen LogP contribution in [0.3, 0.4) is 0 Å². The summed E-state index contributed by atoms with van der Waals surface area (Å²) in [7, 11) is 0. The Morgan fingerprint density at radius 3 is 2.65 bits per heavy atom. The molecule has 3 rings (SSSR count). The van der Waals surface area contributed by atoms with Gasteiger partial charge in [0.1, 0.15) is 0 Å². The number of amides is 1. The number of anilines is 1. The lowest BCUT2D eigenvalue weighted by Crippen LogP contribution is -2.36. The van der Waals surface area contributed by atoms with E-state index in [1.54, 1.807) is 6.07 Å². The summed E-state index contributed by atoms with van der Waals surface area (Å²) in [5.74, 6) is -0.149. The molecule has 0 aliphatic carbocycles. The van der Waals surface area contributed by atoms with Crippen molar-refractivity contribution in [2.75, 3.05) is 37.7 Å². The number of hydrogen-bond donors (Lipinski definition) is 2. The van der Waals surface area contributed by atoms with Crippen molar-refractivity contribution in [2.24, 2.45) is 0 Å². The molecular weight excluding hydrogens is 312 g/mol. The van der Waals surface area contributed by atoms with Gasteiger partial charge in [0.25, 0.3) is 5.91 Å². The highest BCUT2D eigenvalue weighted by atomic mass is 32.1. The molecule has 0 spiro atoms. The molecule has 122 valence electrons. The van der Waals surface area contributed by atoms with Crippen LogP contribution in [0.4, 0.5) is 5.69 Å². The minimum Gasteiger partial charge on any atom is -0.387 e. The van der Waals surface area contributed by atoms with Crippen LogP contribution in [0.25, 0.3) is 0 Å². The zero-order valence-electron chi connectivity index (χ0n) is 12.8. The average molecular weight is 332 g/mol. The molecular formula is C17H20N2O3S. The molecule has 6 heteroatoms. The molecule has 23 heavy (non-hydrogen) atoms. The van der Waals surface area contributed by atoms with Gasteiger partial charge in [-0.3, -0.25) is 4.79 Å². The number of thiophene rings is 1. The summed E-state index contributed by atoms with van der Waals surface area (Å²) in [5.41, 5.74) is 1.93. The first kappa shape index (κ1) is 16.0. The van der Waals surface area contributed by atoms with Crippen LogP contribution in [-0.2, 0) is 4.74 Å². The van der Waals surface area contributed by atoms with Crippen molar-refractivity contribution in [2.45, 2.75) is 6.10 Å². The second kappa shape index (κ2) is 7.59. The van der Waals surface area contributed by atoms with Gasteiger partial charge in [0.15, 0.2) is 0 Å². The molecule has 1 aromatic heterocycles. The second-order valence-electron chi connectivity index (χ2n) is 5.39. The van der Waals surface area contributed by atoms with Crippen LogP contribution in [0, 0.1) is 0 Å². The number of aliphatic hydroxyl groups is 1. The summed E-state index contributed by atoms with van der Waals surface area (Å²) in [6, 6.07) is 11.4. The van der Waals surface area contributed by atoms with E-state index in [1.165, 1.54) is 11.3 Å². The minimum atomic E-state index is -0.711. The van der Waals surface area contributed by atoms with Crippen LogP contribution < -0.4 is 10.2 Å². The number of carbonyl (C=O) groups excluding carboxylic acids is 1. The zero-order chi connectivity index (χ0) is 16.1. The molecule has 2 aromatic rings. The van der Waals surface area contributed by atoms with Gasteiger partial charge in [0, 0.05) is 25.3 Å². The maximum atomic E-state index is 11.9. The van der Waals surface area contributed by atoms with E-state index < -0.39 is 6.10 Å². The number of nitrogens with one attached hydrogen (secondary N) is 1. The number of nitrogens with zero attached hydrogens (tertiary/aromatic N) is 1. The number of ether oxygens (including phenoxy) is 1. The first-order valence-electron chi connectivity index (χ1n) is 7.66. The Labute approximate surface area is 139 Å². The van der Waals surface area contributed by atoms with Crippen molar-refractivity contribution in [1.29, 1.82) is 0 Å². The van der Waals surface area contributed by atoms with Gasteiger partial charge in [-0.05, 0) is 29.1 Å². The van der Waals surface area contributed by atoms with Crippen LogP contribution >= 0.6 is 11.3 Å². The first-order chi connectivity index (χ1) is 11.2. The average Bonchev–Trinajstić information content (AvgIpc) is 3.15. The van der Waals surface area contributed by atoms with Gasteiger partial charge in [0.2, 0.25) is 0 Å². The third kappa shape index (κ3) is 4.10. The van der Waals surface area contributed by atoms with Crippen molar-refractivity contribution in [3.8, 4) is 0 Å². The van der Waals surface area contributed by atoms with Gasteiger partial charge in [0.05, 0.1) is 24.2 Å². The molecule has 1 aliphatic rings. The number of benzene rings is 1. The highest BCUT2D eigenvalue weighted by Crippen LogP contribution is 2.20. The highest BCUT2D eigenvalue weighted by molar-refractivity contribution is 7.12. The third-order valence-corrected chi connectivity index (χ3v) is 4.72. The smallest absolute Gasteiger partial charge is 0.261 e. The monoisotopic (exact) mass is 332 g/mol. The Balaban J connectivity index is 1.55. The molecule has 0 saturated carbocycles. The van der Waals surface area contributed by atoms with Gasteiger partial charge < -0.3 is 20.1 Å². The summed E-state index contributed by atoms with van der Waals surface area (Å²) >= 11 is 1.39. The molecule has 1 saturated heterocycles. The van der Waals surface area contributed by atoms with Crippen LogP contribution in [0.15, 0.2) is 41.8 Å². The Hall–Kier alpha value is -1.89. The summed E-state index contributed by atoms with van der Waals surface area (Å²) in [4.78, 5) is 14.8. The van der Waals surface area contributed by atoms with E-state index in [0.29, 0.717) is 4.88 Å². The second-order valence-corrected chi connectivity index (χ2v) is 6.34. The number of rotatable bonds is 5. The lowest BCUT2D eigenvalue weighted by molar-refractivity contribution is 0.0920. The summed E-state index contributed by atoms with van der Waals surface area (Å²) in [5, 5.41) is 14.8. The van der Waals surface area contributed by atoms with Crippen molar-refractivity contribution in [3.05, 3.63) is 52.2 Å². The van der Waals surface area contributed by atoms with Crippen molar-refractivity contribution in [3.63, 3.8) is 0 Å². The predicted molar refractivity (Wildman–Crippen MR) is 91.1 cm³/mol. The summed E-state index contributed by atoms with van der Waals surface area (Å²) in [6.07, 6.45) is -0.711. The van der Waals surface area contributed by atoms with Crippen molar-refractivity contribution < 1.29 is 14.6 Å². The summed E-state index contributed by atoms with van der Waals surface area (Å²) in [6.45, 7) is 3.48. The minimum absolute atomic E-state index is 0.149. The van der Waals surface area contributed by atoms with Crippen LogP contribution in [0.5, 0.6) is 0 Å². The van der Waals surface area contributed by atoms with Gasteiger partial charge in [-0.2, -0.15) is 0 Å². The molecule has 1 aromatic carbocycles. The molecule has 1 unspecified atom stereocenters. The molecule has 0 bridgehead atoms. The Morgan fingerprint density at radius 1 is 1.26 bits per heavy atom. The van der Waals surface area contributed by atoms with E-state index in [1.807, 2.05) is 35.7 Å². The fraction of sp³-hybridized carbons (Fsp3) is 0.353. The Kier molecular flexibility index (Phi) is 5.27. The number of aliphatic hydroxyl groups excluding tert-OH is 1. The van der Waals surface area contributed by atoms with E-state index in [0.717, 1.165) is 37.6 Å². The molecule has 2 heterocycles. The lowest BCUT2D eigenvalue weighted by atomic mass is 10.1. The predicted octanol–water partition coefficient (Wildman–Crippen LogP) is 2.05. The van der Waals surface area contributed by atoms with E-state index >= 15 is 0 Å². The van der Waals surface area contributed by atoms with E-state index in [-0.39, 0.29) is 12.5 Å². The van der Waals surface area contributed by atoms with Crippen molar-refractivity contribution >= 4 is 22.9 Å². The normalized spacial score (nSPS) is 16.1. The fourth-order valence-electron chi connectivity index (χ4n) is 2.53. The van der Waals surface area contributed by atoms with Gasteiger partial charge >= 0.3 is 0 Å². The maximum absolute atomic E-state index is 11.9. The number of morpholine rings is 1. The first-order valence-corrected chi connectivity index (χ1v) is 8.54. The van der Waals surface area contributed by atoms with Crippen LogP contribution in [-0.4, -0.2) is 43.9 Å². The van der Waals surface area contributed by atoms with Crippen LogP contribution in [0.1, 0.15) is 21.3 Å². The third-order valence-electron chi connectivity index (χ3n) is 3.86. The zero-order valence-corrected chi connectivity index (χ0v) is 13.6. The van der Waals surface area contributed by atoms with Gasteiger partial charge in [-0.15, -0.1) is 11.3 Å². The SMILES string of the molecule is O=C(NCC(O)c1ccc(N2CCOCC2)cc1)c1cccs1. The fourth-order valence-corrected chi connectivity index (χ4v) is 3.17. The van der Waals surface area contributed by atoms with E-state index in [2.05, 4.69) is 10.2 Å². The standard InChI is InChI=1S/C17H20N2O3S/c20-15(12-18-17(21)16-2-1-11-23-16)13-3-5-14(6-4-13)19-7-9-22-10-8-19/h1-6,11,15,20H,7-10,12H2,(H,18,21). The summed E-state index contributed by atoms with van der Waals surface area (Å²) < 4.78 is 5.35. The molecule has 0 radical (unpaired) electrons. The Morgan fingerprint density at radius 2 is 2.00 bits per heavy atom. The molecule has 1 amide bonds. The topological polar surface area (TPSA) is 61.8 Å². The number of carbonyl (C=O) groups is 1. The van der Waals surface area contributed by atoms with Gasteiger partial charge in [-0.25, -0.2) is 0 Å². The molecule has 1 atom stereocenters. The maximum Gasteiger partial charge on any atom is 0.261 e. The Bertz CT molecular complexity index is 622. The van der Waals surface area contributed by atoms with Crippen molar-refractivity contribution in [1.82, 2.24) is 5.32 Å². The molecule has 5 nitrogen and oxygen atoms in total. The molecule has 2 N–H and O–H groups in total. The molecule has 1 fully saturated rings. The van der Waals surface area contributed by atoms with E-state index in [9.17, 15) is 9.90 Å². The van der Waals surface area contributed by atoms with E-state index in [4.69, 9.17) is 4.74 Å². The molecule has 1 aliphatic heterocycles. The number of hydrogen-bond acceptors (Lipinski definition) is 5.